The van der Waals surface area contributed by atoms with Crippen molar-refractivity contribution < 1.29 is 9.90 Å². The summed E-state index contributed by atoms with van der Waals surface area (Å²) >= 11 is 1.24. The molecule has 1 saturated carbocycles. The molecule has 0 spiro atoms. The average Bonchev–Trinajstić information content (AvgIpc) is 3.34. The molecule has 4 aromatic rings. The first kappa shape index (κ1) is 20.9. The van der Waals surface area contributed by atoms with E-state index in [4.69, 9.17) is 0 Å². The number of likely N-dealkylation sites (tertiary alicyclic amines) is 1. The molecule has 34 heavy (non-hydrogen) atoms. The van der Waals surface area contributed by atoms with E-state index < -0.39 is 6.10 Å². The Hall–Kier alpha value is -3.70. The van der Waals surface area contributed by atoms with Crippen molar-refractivity contribution in [1.82, 2.24) is 30.0 Å². The molecule has 11 heteroatoms. The maximum absolute atomic E-state index is 12.7. The quantitative estimate of drug-likeness (QED) is 0.386. The van der Waals surface area contributed by atoms with Crippen LogP contribution in [0.4, 0.5) is 17.2 Å². The summed E-state index contributed by atoms with van der Waals surface area (Å²) in [5.74, 6) is 0.490. The first-order valence-corrected chi connectivity index (χ1v) is 12.0. The molecule has 10 nitrogen and oxygen atoms in total. The van der Waals surface area contributed by atoms with Crippen LogP contribution >= 0.6 is 11.3 Å². The number of nitrogens with one attached hydrogen (secondary N) is 2. The second-order valence-electron chi connectivity index (χ2n) is 8.52. The number of aliphatic hydroxyl groups excluding tert-OH is 1. The van der Waals surface area contributed by atoms with Gasteiger partial charge in [0.15, 0.2) is 5.01 Å². The van der Waals surface area contributed by atoms with Crippen molar-refractivity contribution in [2.24, 2.45) is 0 Å². The second kappa shape index (κ2) is 8.58. The summed E-state index contributed by atoms with van der Waals surface area (Å²) in [5, 5.41) is 26.0. The summed E-state index contributed by atoms with van der Waals surface area (Å²) < 4.78 is 0. The van der Waals surface area contributed by atoms with Crippen LogP contribution in [-0.2, 0) is 0 Å². The zero-order chi connectivity index (χ0) is 23.1. The zero-order valence-electron chi connectivity index (χ0n) is 18.2. The molecule has 1 atom stereocenters. The van der Waals surface area contributed by atoms with Crippen molar-refractivity contribution in [1.29, 1.82) is 0 Å². The minimum Gasteiger partial charge on any atom is -0.391 e. The monoisotopic (exact) mass is 474 g/mol. The van der Waals surface area contributed by atoms with Gasteiger partial charge in [0.1, 0.15) is 5.82 Å². The Labute approximate surface area is 199 Å². The number of aromatic nitrogens is 5. The van der Waals surface area contributed by atoms with Crippen LogP contribution < -0.4 is 10.6 Å². The fraction of sp³-hybridized carbons (Fsp3) is 0.304. The van der Waals surface area contributed by atoms with Crippen molar-refractivity contribution in [3.05, 3.63) is 47.9 Å². The maximum Gasteiger partial charge on any atom is 0.284 e. The molecule has 1 aliphatic heterocycles. The third-order valence-electron chi connectivity index (χ3n) is 5.87. The number of β-amino-alcohol motifs (C(OH)–C–C–N with tert-alkyl or cyclic N) is 1. The van der Waals surface area contributed by atoms with E-state index in [1.165, 1.54) is 11.3 Å². The van der Waals surface area contributed by atoms with Gasteiger partial charge in [-0.2, -0.15) is 0 Å². The molecule has 1 aromatic carbocycles. The number of amides is 1. The van der Waals surface area contributed by atoms with Gasteiger partial charge in [0.25, 0.3) is 5.91 Å². The van der Waals surface area contributed by atoms with Gasteiger partial charge in [-0.05, 0) is 37.5 Å². The van der Waals surface area contributed by atoms with Crippen LogP contribution in [0.25, 0.3) is 21.6 Å². The molecule has 0 bridgehead atoms. The van der Waals surface area contributed by atoms with Gasteiger partial charge in [-0.25, -0.2) is 4.98 Å². The van der Waals surface area contributed by atoms with E-state index in [-0.39, 0.29) is 5.91 Å². The molecule has 6 rings (SSSR count). The van der Waals surface area contributed by atoms with Gasteiger partial charge in [-0.15, -0.1) is 10.2 Å². The van der Waals surface area contributed by atoms with Crippen LogP contribution in [-0.4, -0.2) is 66.3 Å². The number of hydrogen-bond donors (Lipinski definition) is 3. The molecule has 172 valence electrons. The number of carbonyl (C=O) groups excluding carboxylic acids is 1. The van der Waals surface area contributed by atoms with Gasteiger partial charge in [0.2, 0.25) is 5.01 Å². The van der Waals surface area contributed by atoms with Gasteiger partial charge < -0.3 is 20.6 Å². The smallest absolute Gasteiger partial charge is 0.284 e. The van der Waals surface area contributed by atoms with Crippen LogP contribution in [0.1, 0.15) is 29.1 Å². The third-order valence-corrected chi connectivity index (χ3v) is 6.82. The first-order valence-electron chi connectivity index (χ1n) is 11.2. The Bertz CT molecular complexity index is 1370. The lowest BCUT2D eigenvalue weighted by molar-refractivity contribution is 0.0763. The molecule has 2 aliphatic rings. The minimum absolute atomic E-state index is 0.192. The lowest BCUT2D eigenvalue weighted by Crippen LogP contribution is -2.29. The van der Waals surface area contributed by atoms with Gasteiger partial charge in [0, 0.05) is 55.2 Å². The van der Waals surface area contributed by atoms with Crippen molar-refractivity contribution in [2.75, 3.05) is 23.7 Å². The minimum atomic E-state index is -0.468. The number of fused-ring (bicyclic) bond motifs is 1. The Balaban J connectivity index is 1.27. The van der Waals surface area contributed by atoms with Crippen LogP contribution in [0, 0.1) is 0 Å². The highest BCUT2D eigenvalue weighted by molar-refractivity contribution is 7.16. The van der Waals surface area contributed by atoms with E-state index in [9.17, 15) is 9.90 Å². The molecule has 3 N–H and O–H groups in total. The van der Waals surface area contributed by atoms with E-state index in [0.717, 1.165) is 40.8 Å². The Morgan fingerprint density at radius 2 is 1.91 bits per heavy atom. The average molecular weight is 475 g/mol. The predicted molar refractivity (Wildman–Crippen MR) is 129 cm³/mol. The summed E-state index contributed by atoms with van der Waals surface area (Å²) in [4.78, 5) is 27.6. The molecule has 1 saturated heterocycles. The highest BCUT2D eigenvalue weighted by atomic mass is 32.1. The summed E-state index contributed by atoms with van der Waals surface area (Å²) in [6.07, 6.45) is 7.45. The van der Waals surface area contributed by atoms with E-state index in [2.05, 4.69) is 35.8 Å². The normalized spacial score (nSPS) is 17.8. The summed E-state index contributed by atoms with van der Waals surface area (Å²) in [6.45, 7) is 0.871. The number of carbonyl (C=O) groups is 1. The number of anilines is 3. The van der Waals surface area contributed by atoms with Gasteiger partial charge >= 0.3 is 0 Å². The van der Waals surface area contributed by atoms with E-state index in [1.807, 2.05) is 24.3 Å². The lowest BCUT2D eigenvalue weighted by atomic mass is 10.2. The standard InChI is InChI=1S/C23H22N8O2S/c32-15-5-8-31(12-15)23(33)22-30-29-21(34-22)16-11-26-20(10-18(16)27-13-1-2-13)28-14-3-4-17-19(9-14)25-7-6-24-17/h3-4,6-7,9-11,13,15,32H,1-2,5,8,12H2,(H2,26,27,28). The molecular weight excluding hydrogens is 452 g/mol. The first-order chi connectivity index (χ1) is 16.6. The van der Waals surface area contributed by atoms with Crippen molar-refractivity contribution in [2.45, 2.75) is 31.4 Å². The van der Waals surface area contributed by atoms with Crippen molar-refractivity contribution in [3.63, 3.8) is 0 Å². The lowest BCUT2D eigenvalue weighted by Gasteiger charge is -2.13. The van der Waals surface area contributed by atoms with Gasteiger partial charge in [0.05, 0.1) is 22.7 Å². The number of nitrogens with zero attached hydrogens (tertiary/aromatic N) is 6. The summed E-state index contributed by atoms with van der Waals surface area (Å²) in [6, 6.07) is 8.17. The van der Waals surface area contributed by atoms with E-state index in [0.29, 0.717) is 41.4 Å². The zero-order valence-corrected chi connectivity index (χ0v) is 19.0. The summed E-state index contributed by atoms with van der Waals surface area (Å²) in [5.41, 5.74) is 4.20. The third kappa shape index (κ3) is 4.27. The fourth-order valence-corrected chi connectivity index (χ4v) is 4.77. The molecule has 2 fully saturated rings. The number of benzene rings is 1. The number of aliphatic hydroxyl groups is 1. The van der Waals surface area contributed by atoms with Gasteiger partial charge in [-0.3, -0.25) is 14.8 Å². The Morgan fingerprint density at radius 1 is 1.06 bits per heavy atom. The predicted octanol–water partition coefficient (Wildman–Crippen LogP) is 3.07. The van der Waals surface area contributed by atoms with Crippen LogP contribution in [0.5, 0.6) is 0 Å². The largest absolute Gasteiger partial charge is 0.391 e. The highest BCUT2D eigenvalue weighted by Gasteiger charge is 2.29. The van der Waals surface area contributed by atoms with Crippen LogP contribution in [0.15, 0.2) is 42.9 Å². The van der Waals surface area contributed by atoms with Crippen LogP contribution in [0.3, 0.4) is 0 Å². The van der Waals surface area contributed by atoms with E-state index in [1.54, 1.807) is 23.5 Å². The Morgan fingerprint density at radius 3 is 2.71 bits per heavy atom. The van der Waals surface area contributed by atoms with Crippen molar-refractivity contribution >= 4 is 45.5 Å². The molecule has 1 amide bonds. The topological polar surface area (TPSA) is 129 Å². The highest BCUT2D eigenvalue weighted by Crippen LogP contribution is 2.36. The number of rotatable bonds is 6. The summed E-state index contributed by atoms with van der Waals surface area (Å²) in [7, 11) is 0. The SMILES string of the molecule is O=C(c1nnc(-c2cnc(Nc3ccc4nccnc4c3)cc2NC2CC2)s1)N1CCC(O)C1. The van der Waals surface area contributed by atoms with Gasteiger partial charge in [-0.1, -0.05) is 11.3 Å². The number of pyridine rings is 1. The fourth-order valence-electron chi connectivity index (χ4n) is 3.93. The van der Waals surface area contributed by atoms with Crippen molar-refractivity contribution in [3.8, 4) is 10.6 Å². The maximum atomic E-state index is 12.7. The Kier molecular flexibility index (Phi) is 5.27. The molecule has 0 radical (unpaired) electrons. The molecule has 4 heterocycles. The molecule has 1 unspecified atom stereocenters. The molecule has 3 aromatic heterocycles. The molecule has 1 aliphatic carbocycles. The van der Waals surface area contributed by atoms with Crippen LogP contribution in [0.2, 0.25) is 0 Å². The van der Waals surface area contributed by atoms with E-state index >= 15 is 0 Å². The molecular formula is C23H22N8O2S. The number of hydrogen-bond acceptors (Lipinski definition) is 10. The second-order valence-corrected chi connectivity index (χ2v) is 9.50.